The van der Waals surface area contributed by atoms with Crippen LogP contribution < -0.4 is 10.1 Å². The Hall–Kier alpha value is -2.62. The van der Waals surface area contributed by atoms with Crippen molar-refractivity contribution in [3.8, 4) is 5.75 Å². The highest BCUT2D eigenvalue weighted by molar-refractivity contribution is 7.89. The van der Waals surface area contributed by atoms with Gasteiger partial charge in [0, 0.05) is 18.8 Å². The number of halogens is 1. The van der Waals surface area contributed by atoms with Gasteiger partial charge in [0.15, 0.2) is 6.61 Å². The molecule has 2 aromatic rings. The molecule has 0 radical (unpaired) electrons. The van der Waals surface area contributed by atoms with Gasteiger partial charge in [-0.05, 0) is 36.4 Å². The van der Waals surface area contributed by atoms with Crippen molar-refractivity contribution in [2.24, 2.45) is 0 Å². The molecule has 0 aliphatic heterocycles. The van der Waals surface area contributed by atoms with E-state index in [1.807, 2.05) is 0 Å². The van der Waals surface area contributed by atoms with Crippen molar-refractivity contribution in [3.05, 3.63) is 53.1 Å². The Kier molecular flexibility index (Phi) is 8.22. The molecule has 0 aliphatic carbocycles. The van der Waals surface area contributed by atoms with Crippen LogP contribution in [0.2, 0.25) is 5.02 Å². The van der Waals surface area contributed by atoms with Gasteiger partial charge < -0.3 is 14.8 Å². The molecule has 2 aromatic carbocycles. The van der Waals surface area contributed by atoms with Crippen LogP contribution in [-0.2, 0) is 19.6 Å². The van der Waals surface area contributed by atoms with Gasteiger partial charge >= 0.3 is 5.97 Å². The van der Waals surface area contributed by atoms with E-state index in [4.69, 9.17) is 21.1 Å². The molecule has 0 aliphatic rings. The second-order valence-electron chi connectivity index (χ2n) is 6.09. The SMILES string of the molecule is CCN(CC)S(=O)(=O)c1cccc(C(=O)OCC(=O)Nc2ccc(OC)c(Cl)c2)c1. The molecule has 0 aromatic heterocycles. The molecule has 0 bridgehead atoms. The zero-order valence-electron chi connectivity index (χ0n) is 16.8. The van der Waals surface area contributed by atoms with Gasteiger partial charge in [-0.3, -0.25) is 4.79 Å². The molecule has 1 N–H and O–H groups in total. The number of rotatable bonds is 9. The van der Waals surface area contributed by atoms with E-state index in [0.717, 1.165) is 0 Å². The fourth-order valence-electron chi connectivity index (χ4n) is 2.65. The average molecular weight is 455 g/mol. The van der Waals surface area contributed by atoms with Crippen LogP contribution in [0.15, 0.2) is 47.4 Å². The third-order valence-corrected chi connectivity index (χ3v) is 6.52. The summed E-state index contributed by atoms with van der Waals surface area (Å²) in [6.45, 7) is 3.53. The molecule has 0 atom stereocenters. The lowest BCUT2D eigenvalue weighted by atomic mass is 10.2. The smallest absolute Gasteiger partial charge is 0.338 e. The highest BCUT2D eigenvalue weighted by atomic mass is 35.5. The molecule has 162 valence electrons. The first-order valence-electron chi connectivity index (χ1n) is 9.13. The van der Waals surface area contributed by atoms with Crippen LogP contribution in [0, 0.1) is 0 Å². The number of benzene rings is 2. The number of hydrogen-bond acceptors (Lipinski definition) is 6. The second-order valence-corrected chi connectivity index (χ2v) is 8.44. The number of ether oxygens (including phenoxy) is 2. The first kappa shape index (κ1) is 23.7. The number of carbonyl (C=O) groups is 2. The van der Waals surface area contributed by atoms with Crippen molar-refractivity contribution in [2.45, 2.75) is 18.7 Å². The summed E-state index contributed by atoms with van der Waals surface area (Å²) < 4.78 is 36.5. The summed E-state index contributed by atoms with van der Waals surface area (Å²) in [5.41, 5.74) is 0.442. The van der Waals surface area contributed by atoms with Gasteiger partial charge in [-0.25, -0.2) is 13.2 Å². The molecule has 2 rings (SSSR count). The predicted octanol–water partition coefficient (Wildman–Crippen LogP) is 3.17. The zero-order valence-corrected chi connectivity index (χ0v) is 18.4. The van der Waals surface area contributed by atoms with Crippen LogP contribution in [0.3, 0.4) is 0 Å². The fourth-order valence-corrected chi connectivity index (χ4v) is 4.41. The van der Waals surface area contributed by atoms with E-state index in [1.54, 1.807) is 26.0 Å². The number of esters is 1. The Morgan fingerprint density at radius 2 is 1.80 bits per heavy atom. The van der Waals surface area contributed by atoms with Crippen molar-refractivity contribution < 1.29 is 27.5 Å². The maximum absolute atomic E-state index is 12.6. The summed E-state index contributed by atoms with van der Waals surface area (Å²) in [6, 6.07) is 10.2. The Morgan fingerprint density at radius 1 is 1.10 bits per heavy atom. The first-order chi connectivity index (χ1) is 14.2. The third-order valence-electron chi connectivity index (χ3n) is 4.18. The molecule has 8 nitrogen and oxygen atoms in total. The van der Waals surface area contributed by atoms with Gasteiger partial charge in [-0.15, -0.1) is 0 Å². The maximum Gasteiger partial charge on any atom is 0.338 e. The summed E-state index contributed by atoms with van der Waals surface area (Å²) in [5.74, 6) is -0.924. The number of sulfonamides is 1. The van der Waals surface area contributed by atoms with E-state index >= 15 is 0 Å². The molecule has 0 heterocycles. The van der Waals surface area contributed by atoms with Gasteiger partial charge in [-0.1, -0.05) is 31.5 Å². The van der Waals surface area contributed by atoms with E-state index in [0.29, 0.717) is 29.5 Å². The van der Waals surface area contributed by atoms with Crippen LogP contribution in [0.25, 0.3) is 0 Å². The maximum atomic E-state index is 12.6. The Labute approximate surface area is 180 Å². The average Bonchev–Trinajstić information content (AvgIpc) is 2.73. The van der Waals surface area contributed by atoms with Crippen LogP contribution >= 0.6 is 11.6 Å². The molecular formula is C20H23ClN2O6S. The number of anilines is 1. The first-order valence-corrected chi connectivity index (χ1v) is 11.0. The van der Waals surface area contributed by atoms with Gasteiger partial charge in [0.2, 0.25) is 10.0 Å². The number of carbonyl (C=O) groups excluding carboxylic acids is 2. The molecule has 1 amide bonds. The predicted molar refractivity (Wildman–Crippen MR) is 113 cm³/mol. The fraction of sp³-hybridized carbons (Fsp3) is 0.300. The minimum Gasteiger partial charge on any atom is -0.495 e. The normalized spacial score (nSPS) is 11.2. The van der Waals surface area contributed by atoms with Crippen molar-refractivity contribution in [1.82, 2.24) is 4.31 Å². The molecular weight excluding hydrogens is 432 g/mol. The van der Waals surface area contributed by atoms with E-state index in [9.17, 15) is 18.0 Å². The standard InChI is InChI=1S/C20H23ClN2O6S/c1-4-23(5-2)30(26,27)16-8-6-7-14(11-16)20(25)29-13-19(24)22-15-9-10-18(28-3)17(21)12-15/h6-12H,4-5,13H2,1-3H3,(H,22,24). The Balaban J connectivity index is 2.03. The summed E-state index contributed by atoms with van der Waals surface area (Å²) in [6.07, 6.45) is 0. The zero-order chi connectivity index (χ0) is 22.3. The van der Waals surface area contributed by atoms with E-state index < -0.39 is 28.5 Å². The molecule has 0 spiro atoms. The van der Waals surface area contributed by atoms with E-state index in [2.05, 4.69) is 5.32 Å². The largest absolute Gasteiger partial charge is 0.495 e. The van der Waals surface area contributed by atoms with Crippen LogP contribution in [0.1, 0.15) is 24.2 Å². The summed E-state index contributed by atoms with van der Waals surface area (Å²) in [7, 11) is -2.24. The van der Waals surface area contributed by atoms with Crippen LogP contribution in [-0.4, -0.2) is 51.4 Å². The molecule has 0 fully saturated rings. The van der Waals surface area contributed by atoms with Gasteiger partial charge in [0.1, 0.15) is 5.75 Å². The minimum atomic E-state index is -3.72. The second kappa shape index (κ2) is 10.4. The third kappa shape index (κ3) is 5.71. The number of amides is 1. The highest BCUT2D eigenvalue weighted by Gasteiger charge is 2.23. The molecule has 0 saturated carbocycles. The van der Waals surface area contributed by atoms with Gasteiger partial charge in [0.25, 0.3) is 5.91 Å². The van der Waals surface area contributed by atoms with Crippen LogP contribution in [0.4, 0.5) is 5.69 Å². The lowest BCUT2D eigenvalue weighted by molar-refractivity contribution is -0.119. The quantitative estimate of drug-likeness (QED) is 0.584. The number of nitrogens with one attached hydrogen (secondary N) is 1. The number of nitrogens with zero attached hydrogens (tertiary/aromatic N) is 1. The van der Waals surface area contributed by atoms with E-state index in [1.165, 1.54) is 41.7 Å². The molecule has 10 heteroatoms. The summed E-state index contributed by atoms with van der Waals surface area (Å²) in [5, 5.41) is 2.87. The minimum absolute atomic E-state index is 0.0158. The number of methoxy groups -OCH3 is 1. The van der Waals surface area contributed by atoms with Crippen molar-refractivity contribution in [2.75, 3.05) is 32.1 Å². The lowest BCUT2D eigenvalue weighted by Gasteiger charge is -2.18. The van der Waals surface area contributed by atoms with Crippen molar-refractivity contribution >= 4 is 39.2 Å². The van der Waals surface area contributed by atoms with Gasteiger partial charge in [-0.2, -0.15) is 4.31 Å². The Morgan fingerprint density at radius 3 is 2.40 bits per heavy atom. The molecule has 0 saturated heterocycles. The Bertz CT molecular complexity index is 1020. The van der Waals surface area contributed by atoms with Crippen molar-refractivity contribution in [1.29, 1.82) is 0 Å². The van der Waals surface area contributed by atoms with Gasteiger partial charge in [0.05, 0.1) is 22.6 Å². The summed E-state index contributed by atoms with van der Waals surface area (Å²) >= 11 is 6.00. The van der Waals surface area contributed by atoms with Crippen molar-refractivity contribution in [3.63, 3.8) is 0 Å². The topological polar surface area (TPSA) is 102 Å². The van der Waals surface area contributed by atoms with E-state index in [-0.39, 0.29) is 10.5 Å². The molecule has 0 unspecified atom stereocenters. The highest BCUT2D eigenvalue weighted by Crippen LogP contribution is 2.27. The lowest BCUT2D eigenvalue weighted by Crippen LogP contribution is -2.30. The molecule has 30 heavy (non-hydrogen) atoms. The monoisotopic (exact) mass is 454 g/mol. The number of hydrogen-bond donors (Lipinski definition) is 1. The summed E-state index contributed by atoms with van der Waals surface area (Å²) in [4.78, 5) is 24.3. The van der Waals surface area contributed by atoms with Crippen LogP contribution in [0.5, 0.6) is 5.75 Å².